The molecule has 0 aromatic carbocycles. The molecule has 0 bridgehead atoms. The molecule has 1 aromatic rings. The Morgan fingerprint density at radius 2 is 2.00 bits per heavy atom. The van der Waals surface area contributed by atoms with E-state index in [-0.39, 0.29) is 0 Å². The molecule has 4 nitrogen and oxygen atoms in total. The number of rotatable bonds is 5. The number of anilines is 2. The summed E-state index contributed by atoms with van der Waals surface area (Å²) in [6.07, 6.45) is 7.59. The highest BCUT2D eigenvalue weighted by Crippen LogP contribution is 2.39. The molecule has 1 aromatic heterocycles. The van der Waals surface area contributed by atoms with E-state index in [2.05, 4.69) is 28.2 Å². The van der Waals surface area contributed by atoms with E-state index in [1.807, 2.05) is 0 Å². The van der Waals surface area contributed by atoms with Crippen molar-refractivity contribution < 1.29 is 0 Å². The second-order valence-corrected chi connectivity index (χ2v) is 5.72. The zero-order chi connectivity index (χ0) is 13.1. The van der Waals surface area contributed by atoms with Gasteiger partial charge < -0.3 is 10.2 Å². The van der Waals surface area contributed by atoms with Gasteiger partial charge in [-0.3, -0.25) is 0 Å². The van der Waals surface area contributed by atoms with Crippen LogP contribution in [0, 0.1) is 0 Å². The first-order valence-electron chi connectivity index (χ1n) is 7.74. The third-order valence-electron chi connectivity index (χ3n) is 3.91. The average Bonchev–Trinajstić information content (AvgIpc) is 3.30. The van der Waals surface area contributed by atoms with Gasteiger partial charge in [-0.2, -0.15) is 0 Å². The van der Waals surface area contributed by atoms with E-state index in [4.69, 9.17) is 4.98 Å². The summed E-state index contributed by atoms with van der Waals surface area (Å²) in [7, 11) is 0. The molecular formula is C15H24N4. The highest BCUT2D eigenvalue weighted by molar-refractivity contribution is 5.50. The van der Waals surface area contributed by atoms with Gasteiger partial charge in [-0.1, -0.05) is 6.92 Å². The second-order valence-electron chi connectivity index (χ2n) is 5.72. The highest BCUT2D eigenvalue weighted by atomic mass is 15.2. The standard InChI is InChI=1S/C15H24N4/c1-2-8-16-13-11-14(19-9-4-3-5-10-19)18-15(17-13)12-6-7-12/h11-12H,2-10H2,1H3,(H,16,17,18). The Labute approximate surface area is 115 Å². The molecule has 0 unspecified atom stereocenters. The molecule has 1 aliphatic heterocycles. The molecule has 3 rings (SSSR count). The zero-order valence-electron chi connectivity index (χ0n) is 11.9. The summed E-state index contributed by atoms with van der Waals surface area (Å²) >= 11 is 0. The summed E-state index contributed by atoms with van der Waals surface area (Å²) in [5.74, 6) is 3.82. The molecule has 0 amide bonds. The molecule has 4 heteroatoms. The van der Waals surface area contributed by atoms with Crippen molar-refractivity contribution in [1.29, 1.82) is 0 Å². The zero-order valence-corrected chi connectivity index (χ0v) is 11.9. The molecular weight excluding hydrogens is 236 g/mol. The number of hydrogen-bond donors (Lipinski definition) is 1. The Kier molecular flexibility index (Phi) is 3.85. The Balaban J connectivity index is 1.81. The van der Waals surface area contributed by atoms with E-state index in [0.29, 0.717) is 5.92 Å². The molecule has 0 radical (unpaired) electrons. The SMILES string of the molecule is CCCNc1cc(N2CCCCC2)nc(C2CC2)n1. The Bertz CT molecular complexity index is 422. The summed E-state index contributed by atoms with van der Waals surface area (Å²) in [6.45, 7) is 5.46. The van der Waals surface area contributed by atoms with Crippen LogP contribution in [0.15, 0.2) is 6.07 Å². The molecule has 2 heterocycles. The number of nitrogens with zero attached hydrogens (tertiary/aromatic N) is 3. The maximum atomic E-state index is 4.80. The van der Waals surface area contributed by atoms with Gasteiger partial charge in [0.15, 0.2) is 0 Å². The van der Waals surface area contributed by atoms with Gasteiger partial charge in [-0.25, -0.2) is 9.97 Å². The number of piperidine rings is 1. The van der Waals surface area contributed by atoms with E-state index < -0.39 is 0 Å². The highest BCUT2D eigenvalue weighted by Gasteiger charge is 2.28. The molecule has 1 N–H and O–H groups in total. The minimum absolute atomic E-state index is 0.618. The molecule has 0 spiro atoms. The fourth-order valence-corrected chi connectivity index (χ4v) is 2.61. The van der Waals surface area contributed by atoms with E-state index in [9.17, 15) is 0 Å². The molecule has 2 aliphatic rings. The monoisotopic (exact) mass is 260 g/mol. The van der Waals surface area contributed by atoms with Crippen LogP contribution in [-0.4, -0.2) is 29.6 Å². The van der Waals surface area contributed by atoms with Crippen LogP contribution in [-0.2, 0) is 0 Å². The third-order valence-corrected chi connectivity index (χ3v) is 3.91. The lowest BCUT2D eigenvalue weighted by atomic mass is 10.1. The lowest BCUT2D eigenvalue weighted by molar-refractivity contribution is 0.572. The smallest absolute Gasteiger partial charge is 0.136 e. The predicted molar refractivity (Wildman–Crippen MR) is 78.9 cm³/mol. The van der Waals surface area contributed by atoms with Crippen molar-refractivity contribution in [3.8, 4) is 0 Å². The summed E-state index contributed by atoms with van der Waals surface area (Å²) in [5.41, 5.74) is 0. The third kappa shape index (κ3) is 3.17. The van der Waals surface area contributed by atoms with Crippen molar-refractivity contribution in [2.75, 3.05) is 29.9 Å². The molecule has 2 fully saturated rings. The lowest BCUT2D eigenvalue weighted by Crippen LogP contribution is -2.30. The number of hydrogen-bond acceptors (Lipinski definition) is 4. The van der Waals surface area contributed by atoms with Gasteiger partial charge in [0.05, 0.1) is 0 Å². The van der Waals surface area contributed by atoms with Crippen LogP contribution in [0.3, 0.4) is 0 Å². The van der Waals surface area contributed by atoms with Crippen LogP contribution in [0.25, 0.3) is 0 Å². The van der Waals surface area contributed by atoms with Crippen molar-refractivity contribution in [3.63, 3.8) is 0 Å². The Morgan fingerprint density at radius 3 is 2.68 bits per heavy atom. The van der Waals surface area contributed by atoms with Crippen molar-refractivity contribution in [2.24, 2.45) is 0 Å². The largest absolute Gasteiger partial charge is 0.370 e. The second kappa shape index (κ2) is 5.76. The van der Waals surface area contributed by atoms with Gasteiger partial charge >= 0.3 is 0 Å². The van der Waals surface area contributed by atoms with Crippen molar-refractivity contribution >= 4 is 11.6 Å². The fraction of sp³-hybridized carbons (Fsp3) is 0.733. The van der Waals surface area contributed by atoms with Crippen LogP contribution in [0.5, 0.6) is 0 Å². The molecule has 1 saturated carbocycles. The molecule has 1 aliphatic carbocycles. The maximum absolute atomic E-state index is 4.80. The quantitative estimate of drug-likeness (QED) is 0.883. The number of aromatic nitrogens is 2. The van der Waals surface area contributed by atoms with E-state index in [0.717, 1.165) is 43.5 Å². The summed E-state index contributed by atoms with van der Waals surface area (Å²) < 4.78 is 0. The fourth-order valence-electron chi connectivity index (χ4n) is 2.61. The lowest BCUT2D eigenvalue weighted by Gasteiger charge is -2.28. The molecule has 0 atom stereocenters. The van der Waals surface area contributed by atoms with Crippen molar-refractivity contribution in [3.05, 3.63) is 11.9 Å². The van der Waals surface area contributed by atoms with Crippen LogP contribution in [0.2, 0.25) is 0 Å². The predicted octanol–water partition coefficient (Wildman–Crippen LogP) is 3.17. The van der Waals surface area contributed by atoms with Gasteiger partial charge in [0.2, 0.25) is 0 Å². The van der Waals surface area contributed by atoms with Crippen LogP contribution >= 0.6 is 0 Å². The average molecular weight is 260 g/mol. The van der Waals surface area contributed by atoms with Gasteiger partial charge in [0.1, 0.15) is 17.5 Å². The van der Waals surface area contributed by atoms with Crippen molar-refractivity contribution in [2.45, 2.75) is 51.4 Å². The topological polar surface area (TPSA) is 41.0 Å². The summed E-state index contributed by atoms with van der Waals surface area (Å²) in [4.78, 5) is 11.9. The minimum Gasteiger partial charge on any atom is -0.370 e. The first-order chi connectivity index (χ1) is 9.36. The van der Waals surface area contributed by atoms with Crippen LogP contribution in [0.1, 0.15) is 57.2 Å². The van der Waals surface area contributed by atoms with Gasteiger partial charge in [-0.15, -0.1) is 0 Å². The Hall–Kier alpha value is -1.32. The van der Waals surface area contributed by atoms with Crippen LogP contribution in [0.4, 0.5) is 11.6 Å². The van der Waals surface area contributed by atoms with E-state index in [1.165, 1.54) is 32.1 Å². The van der Waals surface area contributed by atoms with E-state index in [1.54, 1.807) is 0 Å². The molecule has 19 heavy (non-hydrogen) atoms. The summed E-state index contributed by atoms with van der Waals surface area (Å²) in [6, 6.07) is 2.13. The van der Waals surface area contributed by atoms with Gasteiger partial charge in [-0.05, 0) is 38.5 Å². The normalized spacial score (nSPS) is 19.5. The minimum atomic E-state index is 0.618. The van der Waals surface area contributed by atoms with Crippen molar-refractivity contribution in [1.82, 2.24) is 9.97 Å². The first kappa shape index (κ1) is 12.7. The number of nitrogens with one attached hydrogen (secondary N) is 1. The van der Waals surface area contributed by atoms with Crippen LogP contribution < -0.4 is 10.2 Å². The summed E-state index contributed by atoms with van der Waals surface area (Å²) in [5, 5.41) is 3.42. The first-order valence-corrected chi connectivity index (χ1v) is 7.74. The Morgan fingerprint density at radius 1 is 1.21 bits per heavy atom. The molecule has 1 saturated heterocycles. The maximum Gasteiger partial charge on any atom is 0.136 e. The van der Waals surface area contributed by atoms with E-state index >= 15 is 0 Å². The molecule has 104 valence electrons. The van der Waals surface area contributed by atoms with Gasteiger partial charge in [0.25, 0.3) is 0 Å². The van der Waals surface area contributed by atoms with Gasteiger partial charge in [0, 0.05) is 31.6 Å².